The van der Waals surface area contributed by atoms with Crippen LogP contribution in [0.4, 0.5) is 21.7 Å². The number of anilines is 3. The molecule has 0 aliphatic carbocycles. The van der Waals surface area contributed by atoms with Gasteiger partial charge in [0.1, 0.15) is 12.0 Å². The normalized spacial score (nSPS) is 20.8. The first-order valence-corrected chi connectivity index (χ1v) is 10.4. The molecule has 3 rings (SSSR count). The number of amides is 1. The van der Waals surface area contributed by atoms with Gasteiger partial charge >= 0.3 is 0 Å². The zero-order valence-corrected chi connectivity index (χ0v) is 17.9. The number of alkyl halides is 1. The summed E-state index contributed by atoms with van der Waals surface area (Å²) in [5.74, 6) is 0.913. The molecular formula is C23H31FN4O2. The third-order valence-corrected chi connectivity index (χ3v) is 5.60. The van der Waals surface area contributed by atoms with Crippen molar-refractivity contribution in [3.05, 3.63) is 48.6 Å². The van der Waals surface area contributed by atoms with Gasteiger partial charge in [0.25, 0.3) is 0 Å². The van der Waals surface area contributed by atoms with Crippen LogP contribution in [0.15, 0.2) is 43.0 Å². The van der Waals surface area contributed by atoms with Crippen molar-refractivity contribution in [2.45, 2.75) is 26.4 Å². The van der Waals surface area contributed by atoms with Crippen LogP contribution in [-0.2, 0) is 9.53 Å². The van der Waals surface area contributed by atoms with Crippen LogP contribution in [0, 0.1) is 12.8 Å². The minimum Gasteiger partial charge on any atom is -0.378 e. The molecule has 162 valence electrons. The summed E-state index contributed by atoms with van der Waals surface area (Å²) in [4.78, 5) is 21.9. The van der Waals surface area contributed by atoms with Crippen molar-refractivity contribution in [3.63, 3.8) is 0 Å². The lowest BCUT2D eigenvalue weighted by Gasteiger charge is -2.31. The van der Waals surface area contributed by atoms with E-state index in [-0.39, 0.29) is 12.5 Å². The number of hydrogen-bond donors (Lipinski definition) is 1. The summed E-state index contributed by atoms with van der Waals surface area (Å²) < 4.78 is 19.4. The van der Waals surface area contributed by atoms with E-state index in [0.29, 0.717) is 37.7 Å². The zero-order chi connectivity index (χ0) is 21.7. The molecule has 2 atom stereocenters. The van der Waals surface area contributed by atoms with Crippen LogP contribution in [-0.4, -0.2) is 56.5 Å². The van der Waals surface area contributed by atoms with Crippen molar-refractivity contribution < 1.29 is 13.9 Å². The van der Waals surface area contributed by atoms with Crippen LogP contribution in [0.2, 0.25) is 0 Å². The zero-order valence-electron chi connectivity index (χ0n) is 17.9. The molecule has 2 saturated heterocycles. The van der Waals surface area contributed by atoms with E-state index in [1.807, 2.05) is 24.8 Å². The summed E-state index contributed by atoms with van der Waals surface area (Å²) in [7, 11) is 0. The van der Waals surface area contributed by atoms with Gasteiger partial charge in [-0.05, 0) is 37.5 Å². The van der Waals surface area contributed by atoms with Gasteiger partial charge in [0.2, 0.25) is 5.91 Å². The summed E-state index contributed by atoms with van der Waals surface area (Å²) >= 11 is 0. The first kappa shape index (κ1) is 22.0. The molecule has 0 spiro atoms. The molecule has 6 nitrogen and oxygen atoms in total. The second kappa shape index (κ2) is 9.89. The number of nitrogens with one attached hydrogen (secondary N) is 1. The van der Waals surface area contributed by atoms with Crippen molar-refractivity contribution in [2.24, 2.45) is 5.92 Å². The molecule has 0 saturated carbocycles. The number of nitrogens with zero attached hydrogens (tertiary/aromatic N) is 3. The lowest BCUT2D eigenvalue weighted by Crippen LogP contribution is -2.37. The molecule has 0 aromatic carbocycles. The highest BCUT2D eigenvalue weighted by Crippen LogP contribution is 2.34. The fourth-order valence-electron chi connectivity index (χ4n) is 3.85. The maximum absolute atomic E-state index is 13.9. The number of rotatable bonds is 7. The van der Waals surface area contributed by atoms with Crippen molar-refractivity contribution in [1.29, 1.82) is 0 Å². The highest BCUT2D eigenvalue weighted by molar-refractivity contribution is 5.97. The fraction of sp³-hybridized carbons (Fsp3) is 0.478. The van der Waals surface area contributed by atoms with Crippen molar-refractivity contribution in [2.75, 3.05) is 54.5 Å². The van der Waals surface area contributed by atoms with Gasteiger partial charge < -0.3 is 19.9 Å². The van der Waals surface area contributed by atoms with E-state index < -0.39 is 12.1 Å². The predicted octanol–water partition coefficient (Wildman–Crippen LogP) is 3.65. The Bertz CT molecular complexity index is 833. The second-order valence-corrected chi connectivity index (χ2v) is 7.75. The van der Waals surface area contributed by atoms with Crippen LogP contribution in [0.3, 0.4) is 0 Å². The van der Waals surface area contributed by atoms with Crippen LogP contribution in [0.25, 0.3) is 0 Å². The van der Waals surface area contributed by atoms with Gasteiger partial charge in [-0.1, -0.05) is 31.4 Å². The topological polar surface area (TPSA) is 57.7 Å². The van der Waals surface area contributed by atoms with Crippen LogP contribution in [0.5, 0.6) is 0 Å². The van der Waals surface area contributed by atoms with E-state index in [9.17, 15) is 9.18 Å². The van der Waals surface area contributed by atoms with Crippen molar-refractivity contribution >= 4 is 23.2 Å². The molecule has 0 bridgehead atoms. The molecule has 2 fully saturated rings. The average Bonchev–Trinajstić information content (AvgIpc) is 3.18. The van der Waals surface area contributed by atoms with Crippen molar-refractivity contribution in [1.82, 2.24) is 4.98 Å². The van der Waals surface area contributed by atoms with E-state index in [2.05, 4.69) is 23.4 Å². The van der Waals surface area contributed by atoms with E-state index in [4.69, 9.17) is 9.72 Å². The first-order valence-electron chi connectivity index (χ1n) is 10.4. The Kier molecular flexibility index (Phi) is 7.26. The third-order valence-electron chi connectivity index (χ3n) is 5.60. The quantitative estimate of drug-likeness (QED) is 0.691. The van der Waals surface area contributed by atoms with Gasteiger partial charge in [-0.15, -0.1) is 0 Å². The minimum absolute atomic E-state index is 0.166. The number of allylic oxidation sites excluding steroid dienone is 3. The fourth-order valence-corrected chi connectivity index (χ4v) is 3.85. The lowest BCUT2D eigenvalue weighted by atomic mass is 9.99. The number of aromatic nitrogens is 1. The summed E-state index contributed by atoms with van der Waals surface area (Å²) in [6, 6.07) is 1.94. The molecule has 2 aliphatic heterocycles. The standard InChI is InChI=1S/C23H31FN4O2/c1-5-7-18(6-2)17(4)23(29)25-20-14-16(3)21(27-10-12-30-13-11-27)26-22(20)28-9-8-19(24)15-28/h5-7,14,17,19H,1-2,8-13,15H2,3-4H3,(H,25,29)/b18-7+/t17-,19+/m0/s1. The van der Waals surface area contributed by atoms with Gasteiger partial charge in [0.15, 0.2) is 5.82 Å². The molecule has 1 aromatic rings. The Labute approximate surface area is 178 Å². The van der Waals surface area contributed by atoms with Gasteiger partial charge in [-0.25, -0.2) is 9.37 Å². The maximum Gasteiger partial charge on any atom is 0.231 e. The molecule has 3 heterocycles. The van der Waals surface area contributed by atoms with Crippen LogP contribution in [0.1, 0.15) is 18.9 Å². The summed E-state index contributed by atoms with van der Waals surface area (Å²) in [6.07, 6.45) is 4.66. The molecule has 2 aliphatic rings. The first-order chi connectivity index (χ1) is 14.4. The number of ether oxygens (including phenoxy) is 1. The Morgan fingerprint density at radius 2 is 2.03 bits per heavy atom. The van der Waals surface area contributed by atoms with Crippen LogP contribution < -0.4 is 15.1 Å². The largest absolute Gasteiger partial charge is 0.378 e. The summed E-state index contributed by atoms with van der Waals surface area (Å²) in [5.41, 5.74) is 2.35. The number of hydrogen-bond acceptors (Lipinski definition) is 5. The smallest absolute Gasteiger partial charge is 0.231 e. The number of halogens is 1. The molecular weight excluding hydrogens is 383 g/mol. The summed E-state index contributed by atoms with van der Waals surface area (Å²) in [5, 5.41) is 3.01. The number of pyridine rings is 1. The van der Waals surface area contributed by atoms with E-state index in [1.54, 1.807) is 18.2 Å². The average molecular weight is 415 g/mol. The molecule has 0 radical (unpaired) electrons. The number of aryl methyl sites for hydroxylation is 1. The Hall–Kier alpha value is -2.67. The molecule has 1 amide bonds. The van der Waals surface area contributed by atoms with Gasteiger partial charge in [0, 0.05) is 19.6 Å². The Morgan fingerprint density at radius 3 is 2.63 bits per heavy atom. The summed E-state index contributed by atoms with van der Waals surface area (Å²) in [6.45, 7) is 15.0. The Balaban J connectivity index is 1.93. The van der Waals surface area contributed by atoms with Gasteiger partial charge in [-0.2, -0.15) is 0 Å². The van der Waals surface area contributed by atoms with E-state index in [0.717, 1.165) is 30.0 Å². The monoisotopic (exact) mass is 414 g/mol. The lowest BCUT2D eigenvalue weighted by molar-refractivity contribution is -0.118. The number of carbonyl (C=O) groups excluding carboxylic acids is 1. The maximum atomic E-state index is 13.9. The van der Waals surface area contributed by atoms with Gasteiger partial charge in [0.05, 0.1) is 31.4 Å². The molecule has 7 heteroatoms. The molecule has 0 unspecified atom stereocenters. The highest BCUT2D eigenvalue weighted by Gasteiger charge is 2.28. The van der Waals surface area contributed by atoms with Crippen molar-refractivity contribution in [3.8, 4) is 0 Å². The minimum atomic E-state index is -0.884. The molecule has 30 heavy (non-hydrogen) atoms. The molecule has 1 N–H and O–H groups in total. The SMILES string of the molecule is C=C/C=C(\C=C)[C@H](C)C(=O)Nc1cc(C)c(N2CCOCC2)nc1N1CC[C@@H](F)C1. The van der Waals surface area contributed by atoms with Crippen LogP contribution >= 0.6 is 0 Å². The number of morpholine rings is 1. The second-order valence-electron chi connectivity index (χ2n) is 7.75. The molecule has 1 aromatic heterocycles. The number of carbonyl (C=O) groups is 1. The van der Waals surface area contributed by atoms with E-state index in [1.165, 1.54) is 0 Å². The third kappa shape index (κ3) is 4.90. The highest BCUT2D eigenvalue weighted by atomic mass is 19.1. The van der Waals surface area contributed by atoms with E-state index >= 15 is 0 Å². The van der Waals surface area contributed by atoms with Gasteiger partial charge in [-0.3, -0.25) is 4.79 Å². The predicted molar refractivity (Wildman–Crippen MR) is 120 cm³/mol. The Morgan fingerprint density at radius 1 is 1.30 bits per heavy atom.